The molecule has 0 aromatic heterocycles. The highest BCUT2D eigenvalue weighted by atomic mass is 19.2. The van der Waals surface area contributed by atoms with E-state index in [0.717, 1.165) is 12.8 Å². The second-order valence-electron chi connectivity index (χ2n) is 5.20. The van der Waals surface area contributed by atoms with Gasteiger partial charge in [0.2, 0.25) is 11.6 Å². The maximum Gasteiger partial charge on any atom is 0.341 e. The summed E-state index contributed by atoms with van der Waals surface area (Å²) in [4.78, 5) is 12.0. The number of carbonyl (C=O) groups is 1. The van der Waals surface area contributed by atoms with E-state index < -0.39 is 23.4 Å². The van der Waals surface area contributed by atoms with Crippen LogP contribution in [0.25, 0.3) is 0 Å². The Kier molecular flexibility index (Phi) is 6.10. The van der Waals surface area contributed by atoms with Crippen LogP contribution in [0.15, 0.2) is 23.8 Å². The zero-order chi connectivity index (χ0) is 16.8. The van der Waals surface area contributed by atoms with Crippen LogP contribution in [0, 0.1) is 11.6 Å². The van der Waals surface area contributed by atoms with Crippen LogP contribution < -0.4 is 9.47 Å². The van der Waals surface area contributed by atoms with Crippen LogP contribution in [0.2, 0.25) is 0 Å². The number of carbonyl (C=O) groups excluding carboxylic acids is 1. The van der Waals surface area contributed by atoms with Gasteiger partial charge in [0, 0.05) is 0 Å². The van der Waals surface area contributed by atoms with Crippen LogP contribution in [0.5, 0.6) is 11.5 Å². The number of esters is 1. The van der Waals surface area contributed by atoms with Crippen molar-refractivity contribution in [2.75, 3.05) is 13.2 Å². The Morgan fingerprint density at radius 2 is 1.96 bits per heavy atom. The molecule has 0 radical (unpaired) electrons. The third-order valence-corrected chi connectivity index (χ3v) is 3.49. The number of hydrogen-bond acceptors (Lipinski definition) is 4. The standard InChI is InChI=1S/C17H20F2O4/c1-3-5-12-7-6-11(10-22-12)17(20)23-14-9-8-13(21-4-2)15(18)16(14)19/h6,8-9,12H,3-5,7,10H2,1-2H3. The van der Waals surface area contributed by atoms with Crippen LogP contribution in [0.4, 0.5) is 8.78 Å². The summed E-state index contributed by atoms with van der Waals surface area (Å²) in [6.07, 6.45) is 4.34. The molecule has 0 N–H and O–H groups in total. The molecule has 0 fully saturated rings. The van der Waals surface area contributed by atoms with Gasteiger partial charge in [0.25, 0.3) is 0 Å². The van der Waals surface area contributed by atoms with Gasteiger partial charge in [-0.05, 0) is 31.9 Å². The van der Waals surface area contributed by atoms with Gasteiger partial charge in [-0.25, -0.2) is 4.79 Å². The summed E-state index contributed by atoms with van der Waals surface area (Å²) in [5, 5.41) is 0. The molecule has 2 rings (SSSR count). The molecule has 1 unspecified atom stereocenters. The maximum atomic E-state index is 13.9. The largest absolute Gasteiger partial charge is 0.491 e. The number of hydrogen-bond donors (Lipinski definition) is 0. The lowest BCUT2D eigenvalue weighted by molar-refractivity contribution is -0.131. The van der Waals surface area contributed by atoms with Gasteiger partial charge in [0.1, 0.15) is 0 Å². The van der Waals surface area contributed by atoms with Crippen molar-refractivity contribution < 1.29 is 27.8 Å². The van der Waals surface area contributed by atoms with Gasteiger partial charge >= 0.3 is 5.97 Å². The minimum atomic E-state index is -1.24. The highest BCUT2D eigenvalue weighted by Gasteiger charge is 2.23. The molecule has 6 heteroatoms. The Balaban J connectivity index is 2.05. The Bertz CT molecular complexity index is 599. The highest BCUT2D eigenvalue weighted by molar-refractivity contribution is 5.90. The summed E-state index contributed by atoms with van der Waals surface area (Å²) < 4.78 is 43.1. The Labute approximate surface area is 134 Å². The van der Waals surface area contributed by atoms with Crippen molar-refractivity contribution in [1.82, 2.24) is 0 Å². The van der Waals surface area contributed by atoms with Crippen LogP contribution in [0.1, 0.15) is 33.1 Å². The molecule has 0 aliphatic carbocycles. The van der Waals surface area contributed by atoms with Crippen molar-refractivity contribution in [3.63, 3.8) is 0 Å². The fraction of sp³-hybridized carbons (Fsp3) is 0.471. The molecular formula is C17H20F2O4. The summed E-state index contributed by atoms with van der Waals surface area (Å²) in [6.45, 7) is 4.04. The first-order valence-corrected chi connectivity index (χ1v) is 7.70. The van der Waals surface area contributed by atoms with E-state index in [2.05, 4.69) is 6.92 Å². The van der Waals surface area contributed by atoms with Gasteiger partial charge < -0.3 is 14.2 Å². The first-order valence-electron chi connectivity index (χ1n) is 7.70. The molecule has 0 spiro atoms. The fourth-order valence-corrected chi connectivity index (χ4v) is 2.30. The Morgan fingerprint density at radius 1 is 1.26 bits per heavy atom. The van der Waals surface area contributed by atoms with Gasteiger partial charge in [-0.15, -0.1) is 0 Å². The molecule has 1 aromatic rings. The van der Waals surface area contributed by atoms with E-state index in [4.69, 9.17) is 14.2 Å². The lowest BCUT2D eigenvalue weighted by Crippen LogP contribution is -2.24. The quantitative estimate of drug-likeness (QED) is 0.589. The van der Waals surface area contributed by atoms with E-state index in [-0.39, 0.29) is 25.1 Å². The molecule has 126 valence electrons. The minimum absolute atomic E-state index is 0.0937. The molecule has 4 nitrogen and oxygen atoms in total. The summed E-state index contributed by atoms with van der Waals surface area (Å²) in [6, 6.07) is 2.40. The van der Waals surface area contributed by atoms with Crippen LogP contribution in [-0.4, -0.2) is 25.3 Å². The second kappa shape index (κ2) is 8.06. The van der Waals surface area contributed by atoms with Crippen LogP contribution in [-0.2, 0) is 9.53 Å². The highest BCUT2D eigenvalue weighted by Crippen LogP contribution is 2.28. The van der Waals surface area contributed by atoms with Crippen molar-refractivity contribution in [2.24, 2.45) is 0 Å². The first-order chi connectivity index (χ1) is 11.1. The molecule has 1 heterocycles. The normalized spacial score (nSPS) is 17.6. The zero-order valence-electron chi connectivity index (χ0n) is 13.2. The molecular weight excluding hydrogens is 306 g/mol. The van der Waals surface area contributed by atoms with Crippen LogP contribution in [0.3, 0.4) is 0 Å². The summed E-state index contributed by atoms with van der Waals surface area (Å²) in [5.41, 5.74) is 0.311. The molecule has 1 aromatic carbocycles. The van der Waals surface area contributed by atoms with Crippen molar-refractivity contribution in [3.05, 3.63) is 35.4 Å². The third kappa shape index (κ3) is 4.28. The first kappa shape index (κ1) is 17.4. The summed E-state index contributed by atoms with van der Waals surface area (Å²) in [5.74, 6) is -3.83. The van der Waals surface area contributed by atoms with Gasteiger partial charge in [-0.2, -0.15) is 8.78 Å². The lowest BCUT2D eigenvalue weighted by Gasteiger charge is -2.21. The molecule has 1 aliphatic heterocycles. The maximum absolute atomic E-state index is 13.9. The lowest BCUT2D eigenvalue weighted by atomic mass is 10.1. The molecule has 0 bridgehead atoms. The molecule has 0 amide bonds. The van der Waals surface area contributed by atoms with Crippen molar-refractivity contribution >= 4 is 5.97 Å². The molecule has 0 saturated heterocycles. The van der Waals surface area contributed by atoms with E-state index in [9.17, 15) is 13.6 Å². The molecule has 1 aliphatic rings. The molecule has 23 heavy (non-hydrogen) atoms. The van der Waals surface area contributed by atoms with Crippen molar-refractivity contribution in [3.8, 4) is 11.5 Å². The summed E-state index contributed by atoms with van der Waals surface area (Å²) in [7, 11) is 0. The SMILES string of the molecule is CCCC1CC=C(C(=O)Oc2ccc(OCC)c(F)c2F)CO1. The fourth-order valence-electron chi connectivity index (χ4n) is 2.30. The smallest absolute Gasteiger partial charge is 0.341 e. The average molecular weight is 326 g/mol. The van der Waals surface area contributed by atoms with Gasteiger partial charge in [-0.3, -0.25) is 0 Å². The monoisotopic (exact) mass is 326 g/mol. The van der Waals surface area contributed by atoms with Gasteiger partial charge in [-0.1, -0.05) is 19.4 Å². The van der Waals surface area contributed by atoms with Crippen LogP contribution >= 0.6 is 0 Å². The topological polar surface area (TPSA) is 44.8 Å². The van der Waals surface area contributed by atoms with E-state index in [1.807, 2.05) is 0 Å². The Hall–Kier alpha value is -1.95. The van der Waals surface area contributed by atoms with Crippen molar-refractivity contribution in [1.29, 1.82) is 0 Å². The van der Waals surface area contributed by atoms with Crippen molar-refractivity contribution in [2.45, 2.75) is 39.2 Å². The average Bonchev–Trinajstić information content (AvgIpc) is 2.55. The molecule has 1 atom stereocenters. The third-order valence-electron chi connectivity index (χ3n) is 3.49. The van der Waals surface area contributed by atoms with Gasteiger partial charge in [0.15, 0.2) is 11.5 Å². The summed E-state index contributed by atoms with van der Waals surface area (Å²) >= 11 is 0. The molecule has 0 saturated carbocycles. The Morgan fingerprint density at radius 3 is 2.57 bits per heavy atom. The minimum Gasteiger partial charge on any atom is -0.491 e. The van der Waals surface area contributed by atoms with E-state index in [0.29, 0.717) is 12.0 Å². The van der Waals surface area contributed by atoms with E-state index >= 15 is 0 Å². The zero-order valence-corrected chi connectivity index (χ0v) is 13.2. The number of rotatable bonds is 6. The number of halogens is 2. The second-order valence-corrected chi connectivity index (χ2v) is 5.20. The number of benzene rings is 1. The number of ether oxygens (including phenoxy) is 3. The van der Waals surface area contributed by atoms with E-state index in [1.165, 1.54) is 12.1 Å². The predicted octanol–water partition coefficient (Wildman–Crippen LogP) is 3.78. The predicted molar refractivity (Wildman–Crippen MR) is 80.5 cm³/mol. The van der Waals surface area contributed by atoms with Gasteiger partial charge in [0.05, 0.1) is 24.9 Å². The van der Waals surface area contributed by atoms with E-state index in [1.54, 1.807) is 13.0 Å².